The van der Waals surface area contributed by atoms with Crippen molar-refractivity contribution in [3.05, 3.63) is 0 Å². The van der Waals surface area contributed by atoms with Gasteiger partial charge in [-0.1, -0.05) is 0 Å². The lowest BCUT2D eigenvalue weighted by atomic mass is 9.84. The molecule has 3 fully saturated rings. The fourth-order valence-electron chi connectivity index (χ4n) is 9.10. The number of carbonyl (C=O) groups excluding carboxylic acids is 6. The predicted octanol–water partition coefficient (Wildman–Crippen LogP) is -6.66. The Labute approximate surface area is 487 Å². The molecule has 31 nitrogen and oxygen atoms in total. The number of hydrogen-bond acceptors (Lipinski definition) is 28. The number of amides is 3. The number of aliphatic hydroxyl groups excluding tert-OH is 12. The number of carbonyl (C=O) groups is 6. The summed E-state index contributed by atoms with van der Waals surface area (Å²) in [6.45, 7) is -1.30. The quantitative estimate of drug-likeness (QED) is 0.0252. The van der Waals surface area contributed by atoms with Crippen LogP contribution in [0.1, 0.15) is 96.8 Å². The van der Waals surface area contributed by atoms with Crippen molar-refractivity contribution >= 4 is 35.1 Å². The second-order valence-electron chi connectivity index (χ2n) is 21.2. The third-order valence-corrected chi connectivity index (χ3v) is 14.2. The van der Waals surface area contributed by atoms with Crippen molar-refractivity contribution in [1.29, 1.82) is 0 Å². The van der Waals surface area contributed by atoms with E-state index in [-0.39, 0.29) is 142 Å². The summed E-state index contributed by atoms with van der Waals surface area (Å²) in [5, 5.41) is 127. The maximum atomic E-state index is 13.9. The molecule has 488 valence electrons. The first kappa shape index (κ1) is 74.8. The molecule has 3 heterocycles. The molecule has 0 saturated carbocycles. The minimum absolute atomic E-state index is 0.00701. The highest BCUT2D eigenvalue weighted by atomic mass is 16.7. The zero-order valence-corrected chi connectivity index (χ0v) is 47.8. The summed E-state index contributed by atoms with van der Waals surface area (Å²) in [5.41, 5.74) is 4.26. The van der Waals surface area contributed by atoms with Crippen LogP contribution in [0.3, 0.4) is 0 Å². The standard InChI is InChI=1S/C53H94N4O27/c1-31(61)34(9-2-4-15-54)57-40(66)11-10-33(63)24-53(28-76-21-12-32(62)8-3-5-18-79-50-47(73)44(70)41(67)35(25-58)82-50,29-77-22-13-38(64)55-16-6-19-80-51-48(74)45(71)42(68)36(26-59)83-51)30-78-23-14-39(65)56-17-7-20-81-52-49(75)46(72)43(69)37(27-60)84-52/h34-37,41-52,58-60,67-75H,2-30,54H2,1H3,(H,55,64)(H,56,65)(H,57,66)/t34-,35+,36+,37+,41+,42+,43+,44-,45-,46-,47-,48-,49-,50-,51-,52-/m0/s1. The molecule has 31 heteroatoms. The van der Waals surface area contributed by atoms with Crippen molar-refractivity contribution in [1.82, 2.24) is 16.0 Å². The van der Waals surface area contributed by atoms with Crippen LogP contribution >= 0.6 is 0 Å². The first-order chi connectivity index (χ1) is 40.1. The number of nitrogens with two attached hydrogens (primary N) is 1. The van der Waals surface area contributed by atoms with Crippen molar-refractivity contribution in [3.63, 3.8) is 0 Å². The maximum absolute atomic E-state index is 13.9. The number of rotatable bonds is 45. The summed E-state index contributed by atoms with van der Waals surface area (Å²) in [6.07, 6.45) is -20.3. The SMILES string of the molecule is CC(=O)[C@H](CCCCN)NC(=O)CCC(=O)CC(COCCC(=O)CCCCO[C@H]1O[C@H](CO)[C@@H](O)[C@H](O)[C@@H]1O)(COCCC(=O)NCCCO[C@H]1O[C@H](CO)[C@@H](O)[C@H](O)[C@@H]1O)COCCC(=O)NCCCO[C@H]1O[C@H](CO)[C@@H](O)[C@H](O)[C@@H]1O. The number of aliphatic hydroxyl groups is 12. The molecule has 16 atom stereocenters. The van der Waals surface area contributed by atoms with Gasteiger partial charge in [0.05, 0.1) is 78.7 Å². The molecule has 17 N–H and O–H groups in total. The number of unbranched alkanes of at least 4 members (excludes halogenated alkanes) is 2. The smallest absolute Gasteiger partial charge is 0.222 e. The van der Waals surface area contributed by atoms with Gasteiger partial charge in [0.15, 0.2) is 24.7 Å². The van der Waals surface area contributed by atoms with Gasteiger partial charge in [-0.05, 0) is 58.4 Å². The second-order valence-corrected chi connectivity index (χ2v) is 21.2. The Kier molecular flexibility index (Phi) is 36.4. The van der Waals surface area contributed by atoms with Crippen molar-refractivity contribution in [3.8, 4) is 0 Å². The third kappa shape index (κ3) is 26.5. The molecule has 84 heavy (non-hydrogen) atoms. The van der Waals surface area contributed by atoms with Crippen LogP contribution in [0.5, 0.6) is 0 Å². The molecule has 0 aromatic carbocycles. The molecular weight excluding hydrogens is 1120 g/mol. The van der Waals surface area contributed by atoms with Crippen molar-refractivity contribution < 1.29 is 133 Å². The summed E-state index contributed by atoms with van der Waals surface area (Å²) in [7, 11) is 0. The number of nitrogens with one attached hydrogen (secondary N) is 3. The molecular formula is C53H94N4O27. The monoisotopic (exact) mass is 1220 g/mol. The van der Waals surface area contributed by atoms with E-state index >= 15 is 0 Å². The van der Waals surface area contributed by atoms with Gasteiger partial charge in [0.1, 0.15) is 84.8 Å². The molecule has 0 bridgehead atoms. The summed E-state index contributed by atoms with van der Waals surface area (Å²) in [5.74, 6) is -2.32. The Balaban J connectivity index is 1.64. The number of Topliss-reactive ketones (excluding diaryl/α,β-unsaturated/α-hetero) is 3. The van der Waals surface area contributed by atoms with Crippen LogP contribution in [0.4, 0.5) is 0 Å². The average molecular weight is 1220 g/mol. The van der Waals surface area contributed by atoms with Crippen LogP contribution in [0.15, 0.2) is 0 Å². The van der Waals surface area contributed by atoms with Gasteiger partial charge in [-0.2, -0.15) is 0 Å². The lowest BCUT2D eigenvalue weighted by molar-refractivity contribution is -0.301. The zero-order valence-electron chi connectivity index (χ0n) is 47.8. The highest BCUT2D eigenvalue weighted by Crippen LogP contribution is 2.28. The molecule has 3 aliphatic rings. The molecule has 0 spiro atoms. The summed E-state index contributed by atoms with van der Waals surface area (Å²) in [6, 6.07) is -0.773. The summed E-state index contributed by atoms with van der Waals surface area (Å²) < 4.78 is 50.5. The Hall–Kier alpha value is -3.46. The van der Waals surface area contributed by atoms with Gasteiger partial charge in [0.2, 0.25) is 17.7 Å². The molecule has 0 aromatic rings. The topological polar surface area (TPSA) is 490 Å². The van der Waals surface area contributed by atoms with Gasteiger partial charge in [0.25, 0.3) is 0 Å². The molecule has 0 unspecified atom stereocenters. The minimum Gasteiger partial charge on any atom is -0.394 e. The molecule has 3 saturated heterocycles. The highest BCUT2D eigenvalue weighted by molar-refractivity contribution is 5.89. The van der Waals surface area contributed by atoms with Gasteiger partial charge < -0.3 is 126 Å². The Morgan fingerprint density at radius 3 is 1.29 bits per heavy atom. The number of ether oxygens (including phenoxy) is 9. The van der Waals surface area contributed by atoms with E-state index < -0.39 is 147 Å². The first-order valence-corrected chi connectivity index (χ1v) is 28.7. The van der Waals surface area contributed by atoms with E-state index in [1.807, 2.05) is 0 Å². The molecule has 3 rings (SSSR count). The van der Waals surface area contributed by atoms with Gasteiger partial charge >= 0.3 is 0 Å². The van der Waals surface area contributed by atoms with E-state index in [0.29, 0.717) is 38.6 Å². The van der Waals surface area contributed by atoms with Crippen LogP contribution in [0.25, 0.3) is 0 Å². The lowest BCUT2D eigenvalue weighted by Crippen LogP contribution is -2.59. The predicted molar refractivity (Wildman–Crippen MR) is 286 cm³/mol. The molecule has 3 aliphatic heterocycles. The van der Waals surface area contributed by atoms with E-state index in [4.69, 9.17) is 48.4 Å². The zero-order chi connectivity index (χ0) is 62.2. The molecule has 0 radical (unpaired) electrons. The lowest BCUT2D eigenvalue weighted by Gasteiger charge is -2.39. The van der Waals surface area contributed by atoms with Crippen molar-refractivity contribution in [2.45, 2.75) is 195 Å². The summed E-state index contributed by atoms with van der Waals surface area (Å²) >= 11 is 0. The maximum Gasteiger partial charge on any atom is 0.222 e. The Morgan fingerprint density at radius 2 is 0.881 bits per heavy atom. The van der Waals surface area contributed by atoms with E-state index in [2.05, 4.69) is 16.0 Å². The third-order valence-electron chi connectivity index (χ3n) is 14.2. The molecule has 3 amide bonds. The van der Waals surface area contributed by atoms with Gasteiger partial charge in [-0.3, -0.25) is 28.8 Å². The summed E-state index contributed by atoms with van der Waals surface area (Å²) in [4.78, 5) is 78.0. The highest BCUT2D eigenvalue weighted by Gasteiger charge is 2.46. The fourth-order valence-corrected chi connectivity index (χ4v) is 9.10. The molecule has 0 aromatic heterocycles. The van der Waals surface area contributed by atoms with Crippen LogP contribution < -0.4 is 21.7 Å². The van der Waals surface area contributed by atoms with Gasteiger partial charge in [-0.15, -0.1) is 0 Å². The van der Waals surface area contributed by atoms with Crippen LogP contribution in [-0.4, -0.2) is 293 Å². The number of hydrogen-bond donors (Lipinski definition) is 16. The molecule has 0 aliphatic carbocycles. The van der Waals surface area contributed by atoms with Crippen molar-refractivity contribution in [2.75, 3.05) is 98.9 Å². The van der Waals surface area contributed by atoms with E-state index in [9.17, 15) is 90.0 Å². The average Bonchev–Trinajstić information content (AvgIpc) is 3.59. The Bertz CT molecular complexity index is 1750. The van der Waals surface area contributed by atoms with E-state index in [1.165, 1.54) is 6.92 Å². The van der Waals surface area contributed by atoms with Crippen LogP contribution in [0.2, 0.25) is 0 Å². The fraction of sp³-hybridized carbons (Fsp3) is 0.887. The van der Waals surface area contributed by atoms with Crippen molar-refractivity contribution in [2.24, 2.45) is 11.1 Å². The second kappa shape index (κ2) is 40.9. The van der Waals surface area contributed by atoms with E-state index in [1.54, 1.807) is 0 Å². The van der Waals surface area contributed by atoms with Gasteiger partial charge in [0, 0.05) is 70.1 Å². The minimum atomic E-state index is -1.63. The number of ketones is 3. The Morgan fingerprint density at radius 1 is 0.464 bits per heavy atom. The normalized spacial score (nSPS) is 28.6. The van der Waals surface area contributed by atoms with Crippen LogP contribution in [0, 0.1) is 5.41 Å². The van der Waals surface area contributed by atoms with Crippen LogP contribution in [-0.2, 0) is 71.4 Å². The first-order valence-electron chi connectivity index (χ1n) is 28.7. The van der Waals surface area contributed by atoms with Gasteiger partial charge in [-0.25, -0.2) is 0 Å². The largest absolute Gasteiger partial charge is 0.394 e. The van der Waals surface area contributed by atoms with E-state index in [0.717, 1.165) is 0 Å².